The standard InChI is InChI=1S/C12H24N2O2S/c1-10(9-17-2)12(15)14-7-8-16-11-3-5-13-6-4-11/h10-11,13H,3-9H2,1-2H3,(H,14,15). The Balaban J connectivity index is 2.01. The summed E-state index contributed by atoms with van der Waals surface area (Å²) < 4.78 is 5.71. The lowest BCUT2D eigenvalue weighted by atomic mass is 10.1. The first-order chi connectivity index (χ1) is 8.24. The van der Waals surface area contributed by atoms with Crippen LogP contribution in [0.2, 0.25) is 0 Å². The van der Waals surface area contributed by atoms with E-state index in [1.54, 1.807) is 11.8 Å². The van der Waals surface area contributed by atoms with Crippen LogP contribution < -0.4 is 10.6 Å². The molecule has 4 nitrogen and oxygen atoms in total. The van der Waals surface area contributed by atoms with E-state index < -0.39 is 0 Å². The van der Waals surface area contributed by atoms with Gasteiger partial charge in [0.1, 0.15) is 0 Å². The highest BCUT2D eigenvalue weighted by atomic mass is 32.2. The van der Waals surface area contributed by atoms with E-state index in [0.29, 0.717) is 19.3 Å². The summed E-state index contributed by atoms with van der Waals surface area (Å²) in [5.74, 6) is 1.10. The van der Waals surface area contributed by atoms with Gasteiger partial charge in [0.25, 0.3) is 0 Å². The summed E-state index contributed by atoms with van der Waals surface area (Å²) in [5, 5.41) is 6.21. The maximum absolute atomic E-state index is 11.6. The smallest absolute Gasteiger partial charge is 0.223 e. The molecule has 0 aromatic heterocycles. The Morgan fingerprint density at radius 3 is 2.88 bits per heavy atom. The Morgan fingerprint density at radius 1 is 1.53 bits per heavy atom. The molecule has 0 saturated carbocycles. The molecule has 0 aromatic carbocycles. The SMILES string of the molecule is CSCC(C)C(=O)NCCOC1CCNCC1. The van der Waals surface area contributed by atoms with Crippen molar-refractivity contribution in [3.63, 3.8) is 0 Å². The minimum atomic E-state index is 0.0869. The number of rotatable bonds is 7. The third kappa shape index (κ3) is 6.29. The van der Waals surface area contributed by atoms with E-state index in [1.807, 2.05) is 13.2 Å². The summed E-state index contributed by atoms with van der Waals surface area (Å²) >= 11 is 1.70. The molecule has 0 aliphatic carbocycles. The summed E-state index contributed by atoms with van der Waals surface area (Å²) in [7, 11) is 0. The fourth-order valence-electron chi connectivity index (χ4n) is 1.86. The number of hydrogen-bond donors (Lipinski definition) is 2. The number of carbonyl (C=O) groups is 1. The van der Waals surface area contributed by atoms with Gasteiger partial charge in [0.15, 0.2) is 0 Å². The summed E-state index contributed by atoms with van der Waals surface area (Å²) in [6.45, 7) is 5.30. The van der Waals surface area contributed by atoms with Crippen LogP contribution in [-0.4, -0.2) is 50.3 Å². The monoisotopic (exact) mass is 260 g/mol. The predicted octanol–water partition coefficient (Wildman–Crippen LogP) is 0.870. The molecule has 1 saturated heterocycles. The van der Waals surface area contributed by atoms with Crippen molar-refractivity contribution in [1.29, 1.82) is 0 Å². The molecule has 1 rings (SSSR count). The molecule has 1 unspecified atom stereocenters. The number of hydrogen-bond acceptors (Lipinski definition) is 4. The molecule has 5 heteroatoms. The minimum Gasteiger partial charge on any atom is -0.376 e. The molecule has 100 valence electrons. The van der Waals surface area contributed by atoms with Crippen molar-refractivity contribution in [1.82, 2.24) is 10.6 Å². The van der Waals surface area contributed by atoms with Gasteiger partial charge in [-0.25, -0.2) is 0 Å². The molecule has 0 aromatic rings. The van der Waals surface area contributed by atoms with Crippen LogP contribution in [0, 0.1) is 5.92 Å². The second kappa shape index (κ2) is 8.78. The zero-order valence-electron chi connectivity index (χ0n) is 10.8. The van der Waals surface area contributed by atoms with E-state index in [-0.39, 0.29) is 11.8 Å². The maximum Gasteiger partial charge on any atom is 0.223 e. The Kier molecular flexibility index (Phi) is 7.64. The average molecular weight is 260 g/mol. The number of thioether (sulfide) groups is 1. The van der Waals surface area contributed by atoms with Crippen LogP contribution in [0.4, 0.5) is 0 Å². The number of ether oxygens (including phenoxy) is 1. The van der Waals surface area contributed by atoms with Gasteiger partial charge in [-0.2, -0.15) is 11.8 Å². The summed E-state index contributed by atoms with van der Waals surface area (Å²) in [4.78, 5) is 11.6. The van der Waals surface area contributed by atoms with E-state index in [0.717, 1.165) is 31.7 Å². The van der Waals surface area contributed by atoms with Crippen LogP contribution in [0.25, 0.3) is 0 Å². The van der Waals surface area contributed by atoms with Gasteiger partial charge in [0.2, 0.25) is 5.91 Å². The Bertz CT molecular complexity index is 221. The van der Waals surface area contributed by atoms with E-state index in [1.165, 1.54) is 0 Å². The lowest BCUT2D eigenvalue weighted by Gasteiger charge is -2.23. The van der Waals surface area contributed by atoms with Crippen LogP contribution in [0.15, 0.2) is 0 Å². The minimum absolute atomic E-state index is 0.0869. The molecule has 1 amide bonds. The average Bonchev–Trinajstić information content (AvgIpc) is 2.36. The van der Waals surface area contributed by atoms with Gasteiger partial charge >= 0.3 is 0 Å². The zero-order chi connectivity index (χ0) is 12.5. The van der Waals surface area contributed by atoms with Crippen molar-refractivity contribution in [3.8, 4) is 0 Å². The van der Waals surface area contributed by atoms with Crippen molar-refractivity contribution >= 4 is 17.7 Å². The Morgan fingerprint density at radius 2 is 2.24 bits per heavy atom. The largest absolute Gasteiger partial charge is 0.376 e. The maximum atomic E-state index is 11.6. The van der Waals surface area contributed by atoms with Gasteiger partial charge in [-0.15, -0.1) is 0 Å². The van der Waals surface area contributed by atoms with E-state index in [2.05, 4.69) is 10.6 Å². The Hall–Kier alpha value is -0.260. The molecule has 1 aliphatic heterocycles. The Labute approximate surface area is 108 Å². The van der Waals surface area contributed by atoms with Gasteiger partial charge in [-0.1, -0.05) is 6.92 Å². The van der Waals surface area contributed by atoms with Crippen molar-refractivity contribution in [2.24, 2.45) is 5.92 Å². The molecule has 1 aliphatic rings. The molecule has 1 atom stereocenters. The van der Waals surface area contributed by atoms with Crippen LogP contribution >= 0.6 is 11.8 Å². The molecule has 0 radical (unpaired) electrons. The van der Waals surface area contributed by atoms with Gasteiger partial charge in [-0.05, 0) is 32.2 Å². The van der Waals surface area contributed by atoms with E-state index >= 15 is 0 Å². The second-order valence-electron chi connectivity index (χ2n) is 4.47. The number of amides is 1. The fraction of sp³-hybridized carbons (Fsp3) is 0.917. The third-order valence-electron chi connectivity index (χ3n) is 2.91. The highest BCUT2D eigenvalue weighted by Crippen LogP contribution is 2.06. The first-order valence-electron chi connectivity index (χ1n) is 6.33. The van der Waals surface area contributed by atoms with Crippen LogP contribution in [-0.2, 0) is 9.53 Å². The van der Waals surface area contributed by atoms with Crippen molar-refractivity contribution < 1.29 is 9.53 Å². The molecule has 0 spiro atoms. The van der Waals surface area contributed by atoms with Crippen molar-refractivity contribution in [2.45, 2.75) is 25.9 Å². The summed E-state index contributed by atoms with van der Waals surface area (Å²) in [6, 6.07) is 0. The van der Waals surface area contributed by atoms with Gasteiger partial charge in [0, 0.05) is 18.2 Å². The molecular weight excluding hydrogens is 236 g/mol. The summed E-state index contributed by atoms with van der Waals surface area (Å²) in [5.41, 5.74) is 0. The quantitative estimate of drug-likeness (QED) is 0.667. The normalized spacial score (nSPS) is 18.9. The van der Waals surface area contributed by atoms with E-state index in [4.69, 9.17) is 4.74 Å². The zero-order valence-corrected chi connectivity index (χ0v) is 11.6. The molecule has 2 N–H and O–H groups in total. The molecule has 1 fully saturated rings. The molecule has 1 heterocycles. The fourth-order valence-corrected chi connectivity index (χ4v) is 2.51. The molecular formula is C12H24N2O2S. The van der Waals surface area contributed by atoms with Crippen LogP contribution in [0.1, 0.15) is 19.8 Å². The number of nitrogens with one attached hydrogen (secondary N) is 2. The van der Waals surface area contributed by atoms with Crippen LogP contribution in [0.3, 0.4) is 0 Å². The molecule has 17 heavy (non-hydrogen) atoms. The lowest BCUT2D eigenvalue weighted by molar-refractivity contribution is -0.124. The lowest BCUT2D eigenvalue weighted by Crippen LogP contribution is -2.36. The highest BCUT2D eigenvalue weighted by Gasteiger charge is 2.14. The first-order valence-corrected chi connectivity index (χ1v) is 7.72. The van der Waals surface area contributed by atoms with Gasteiger partial charge < -0.3 is 15.4 Å². The van der Waals surface area contributed by atoms with Gasteiger partial charge in [0.05, 0.1) is 12.7 Å². The predicted molar refractivity (Wildman–Crippen MR) is 72.4 cm³/mol. The molecule has 0 bridgehead atoms. The topological polar surface area (TPSA) is 50.4 Å². The summed E-state index contributed by atoms with van der Waals surface area (Å²) in [6.07, 6.45) is 4.55. The van der Waals surface area contributed by atoms with Crippen LogP contribution in [0.5, 0.6) is 0 Å². The van der Waals surface area contributed by atoms with Crippen molar-refractivity contribution in [2.75, 3.05) is 38.2 Å². The second-order valence-corrected chi connectivity index (χ2v) is 5.38. The number of carbonyl (C=O) groups excluding carboxylic acids is 1. The van der Waals surface area contributed by atoms with Crippen molar-refractivity contribution in [3.05, 3.63) is 0 Å². The first kappa shape index (κ1) is 14.8. The third-order valence-corrected chi connectivity index (χ3v) is 3.74. The highest BCUT2D eigenvalue weighted by molar-refractivity contribution is 7.98. The number of piperidine rings is 1. The van der Waals surface area contributed by atoms with E-state index in [9.17, 15) is 4.79 Å². The van der Waals surface area contributed by atoms with Gasteiger partial charge in [-0.3, -0.25) is 4.79 Å².